The minimum absolute atomic E-state index is 0.239. The molecule has 0 radical (unpaired) electrons. The summed E-state index contributed by atoms with van der Waals surface area (Å²) >= 11 is 0. The molecule has 3 aromatic rings. The van der Waals surface area contributed by atoms with Crippen LogP contribution in [0, 0.1) is 6.92 Å². The fraction of sp³-hybridized carbons (Fsp3) is 0.235. The Hall–Kier alpha value is -2.89. The molecule has 23 heavy (non-hydrogen) atoms. The summed E-state index contributed by atoms with van der Waals surface area (Å²) in [5.41, 5.74) is 2.45. The van der Waals surface area contributed by atoms with Crippen LogP contribution in [0.25, 0.3) is 10.9 Å². The fourth-order valence-electron chi connectivity index (χ4n) is 2.47. The third-order valence-electron chi connectivity index (χ3n) is 3.96. The van der Waals surface area contributed by atoms with Gasteiger partial charge in [0.2, 0.25) is 5.78 Å². The molecular weight excluding hydrogens is 294 g/mol. The lowest BCUT2D eigenvalue weighted by Gasteiger charge is -2.11. The van der Waals surface area contributed by atoms with Gasteiger partial charge in [-0.1, -0.05) is 18.2 Å². The summed E-state index contributed by atoms with van der Waals surface area (Å²) in [6, 6.07) is 7.50. The summed E-state index contributed by atoms with van der Waals surface area (Å²) in [6.07, 6.45) is 2.22. The fourth-order valence-corrected chi connectivity index (χ4v) is 2.47. The Morgan fingerprint density at radius 1 is 1.26 bits per heavy atom. The Bertz CT molecular complexity index is 892. The Morgan fingerprint density at radius 3 is 2.70 bits per heavy atom. The maximum atomic E-state index is 12.6. The normalized spacial score (nSPS) is 12.3. The van der Waals surface area contributed by atoms with E-state index in [4.69, 9.17) is 4.74 Å². The number of para-hydroxylation sites is 1. The number of fused-ring (bicyclic) bond motifs is 1. The number of H-pyrrole nitrogens is 1. The minimum Gasteiger partial charge on any atom is -0.451 e. The van der Waals surface area contributed by atoms with Crippen LogP contribution in [0.15, 0.2) is 36.7 Å². The molecule has 2 aromatic heterocycles. The van der Waals surface area contributed by atoms with Crippen molar-refractivity contribution in [1.82, 2.24) is 14.8 Å². The van der Waals surface area contributed by atoms with E-state index in [1.165, 1.54) is 6.20 Å². The molecule has 6 nitrogen and oxygen atoms in total. The largest absolute Gasteiger partial charge is 0.451 e. The van der Waals surface area contributed by atoms with Crippen molar-refractivity contribution < 1.29 is 14.3 Å². The highest BCUT2D eigenvalue weighted by Gasteiger charge is 2.24. The number of carbonyl (C=O) groups excluding carboxylic acids is 2. The van der Waals surface area contributed by atoms with Crippen LogP contribution in [0.2, 0.25) is 0 Å². The standard InChI is InChI=1S/C17H17N3O3/c1-10-13(9-19-20(10)3)17(22)23-11(2)16(21)14-8-18-15-7-5-4-6-12(14)15/h4-9,11,18H,1-3H3/t11-/m0/s1. The van der Waals surface area contributed by atoms with Gasteiger partial charge < -0.3 is 9.72 Å². The van der Waals surface area contributed by atoms with E-state index in [1.54, 1.807) is 31.8 Å². The third kappa shape index (κ3) is 2.63. The number of aryl methyl sites for hydroxylation is 1. The van der Waals surface area contributed by atoms with E-state index in [1.807, 2.05) is 24.3 Å². The smallest absolute Gasteiger partial charge is 0.342 e. The average Bonchev–Trinajstić information content (AvgIpc) is 3.11. The molecule has 1 N–H and O–H groups in total. The summed E-state index contributed by atoms with van der Waals surface area (Å²) in [5.74, 6) is -0.784. The number of carbonyl (C=O) groups is 2. The lowest BCUT2D eigenvalue weighted by molar-refractivity contribution is 0.0318. The van der Waals surface area contributed by atoms with Gasteiger partial charge in [0, 0.05) is 35.4 Å². The molecule has 1 atom stereocenters. The monoisotopic (exact) mass is 311 g/mol. The van der Waals surface area contributed by atoms with Crippen LogP contribution in [0.3, 0.4) is 0 Å². The number of esters is 1. The van der Waals surface area contributed by atoms with E-state index in [0.717, 1.165) is 10.9 Å². The highest BCUT2D eigenvalue weighted by atomic mass is 16.5. The predicted octanol–water partition coefficient (Wildman–Crippen LogP) is 2.64. The zero-order valence-corrected chi connectivity index (χ0v) is 13.2. The number of nitrogens with one attached hydrogen (secondary N) is 1. The van der Waals surface area contributed by atoms with Gasteiger partial charge in [-0.3, -0.25) is 9.48 Å². The molecule has 0 bridgehead atoms. The molecule has 0 saturated carbocycles. The molecule has 0 aliphatic heterocycles. The number of hydrogen-bond donors (Lipinski definition) is 1. The number of ketones is 1. The number of hydrogen-bond acceptors (Lipinski definition) is 4. The van der Waals surface area contributed by atoms with E-state index in [2.05, 4.69) is 10.1 Å². The van der Waals surface area contributed by atoms with E-state index in [-0.39, 0.29) is 5.78 Å². The molecule has 118 valence electrons. The first-order valence-corrected chi connectivity index (χ1v) is 7.29. The topological polar surface area (TPSA) is 77.0 Å². The first-order chi connectivity index (χ1) is 11.0. The zero-order valence-electron chi connectivity index (χ0n) is 13.2. The third-order valence-corrected chi connectivity index (χ3v) is 3.96. The van der Waals surface area contributed by atoms with Gasteiger partial charge in [0.1, 0.15) is 5.56 Å². The molecule has 2 heterocycles. The van der Waals surface area contributed by atoms with Gasteiger partial charge >= 0.3 is 5.97 Å². The number of aromatic nitrogens is 3. The van der Waals surface area contributed by atoms with Gasteiger partial charge in [-0.25, -0.2) is 4.79 Å². The van der Waals surface area contributed by atoms with E-state index >= 15 is 0 Å². The van der Waals surface area contributed by atoms with E-state index in [9.17, 15) is 9.59 Å². The SMILES string of the molecule is Cc1c(C(=O)O[C@@H](C)C(=O)c2c[nH]c3ccccc23)cnn1C. The Morgan fingerprint density at radius 2 is 2.00 bits per heavy atom. The molecule has 0 spiro atoms. The second-order valence-electron chi connectivity index (χ2n) is 5.43. The number of Topliss-reactive ketones (excluding diaryl/α,β-unsaturated/α-hetero) is 1. The second-order valence-corrected chi connectivity index (χ2v) is 5.43. The van der Waals surface area contributed by atoms with Crippen LogP contribution >= 0.6 is 0 Å². The molecule has 0 aliphatic carbocycles. The van der Waals surface area contributed by atoms with Crippen molar-refractivity contribution >= 4 is 22.7 Å². The Balaban J connectivity index is 1.80. The van der Waals surface area contributed by atoms with Gasteiger partial charge in [-0.15, -0.1) is 0 Å². The van der Waals surface area contributed by atoms with Crippen molar-refractivity contribution in [2.24, 2.45) is 7.05 Å². The predicted molar refractivity (Wildman–Crippen MR) is 85.5 cm³/mol. The Labute approximate surface area is 133 Å². The van der Waals surface area contributed by atoms with Gasteiger partial charge in [0.05, 0.1) is 6.20 Å². The van der Waals surface area contributed by atoms with Gasteiger partial charge in [-0.2, -0.15) is 5.10 Å². The molecule has 6 heteroatoms. The summed E-state index contributed by atoms with van der Waals surface area (Å²) in [6.45, 7) is 3.35. The lowest BCUT2D eigenvalue weighted by atomic mass is 10.1. The first kappa shape index (κ1) is 15.0. The number of ether oxygens (including phenoxy) is 1. The van der Waals surface area contributed by atoms with Gasteiger partial charge in [-0.05, 0) is 19.9 Å². The van der Waals surface area contributed by atoms with Gasteiger partial charge in [0.25, 0.3) is 0 Å². The molecule has 0 fully saturated rings. The number of rotatable bonds is 4. The van der Waals surface area contributed by atoms with Crippen LogP contribution in [0.1, 0.15) is 33.3 Å². The number of nitrogens with zero attached hydrogens (tertiary/aromatic N) is 2. The van der Waals surface area contributed by atoms with Crippen LogP contribution in [0.5, 0.6) is 0 Å². The van der Waals surface area contributed by atoms with Crippen molar-refractivity contribution in [2.45, 2.75) is 20.0 Å². The maximum Gasteiger partial charge on any atom is 0.342 e. The molecule has 0 aliphatic rings. The minimum atomic E-state index is -0.874. The van der Waals surface area contributed by atoms with Crippen LogP contribution in [0.4, 0.5) is 0 Å². The second kappa shape index (κ2) is 5.72. The number of benzene rings is 1. The van der Waals surface area contributed by atoms with Crippen molar-refractivity contribution in [3.63, 3.8) is 0 Å². The summed E-state index contributed by atoms with van der Waals surface area (Å²) in [5, 5.41) is 4.82. The summed E-state index contributed by atoms with van der Waals surface area (Å²) in [7, 11) is 1.74. The molecule has 0 saturated heterocycles. The highest BCUT2D eigenvalue weighted by molar-refractivity contribution is 6.10. The highest BCUT2D eigenvalue weighted by Crippen LogP contribution is 2.20. The van der Waals surface area contributed by atoms with Crippen LogP contribution in [-0.2, 0) is 11.8 Å². The molecule has 0 unspecified atom stereocenters. The first-order valence-electron chi connectivity index (χ1n) is 7.29. The molecule has 1 aromatic carbocycles. The van der Waals surface area contributed by atoms with E-state index < -0.39 is 12.1 Å². The number of aromatic amines is 1. The molecular formula is C17H17N3O3. The van der Waals surface area contributed by atoms with Gasteiger partial charge in [0.15, 0.2) is 6.10 Å². The lowest BCUT2D eigenvalue weighted by Crippen LogP contribution is -2.24. The summed E-state index contributed by atoms with van der Waals surface area (Å²) < 4.78 is 6.90. The molecule has 3 rings (SSSR count). The maximum absolute atomic E-state index is 12.6. The zero-order chi connectivity index (χ0) is 16.6. The van der Waals surface area contributed by atoms with Crippen molar-refractivity contribution in [3.05, 3.63) is 53.5 Å². The van der Waals surface area contributed by atoms with Crippen LogP contribution in [-0.4, -0.2) is 32.6 Å². The quantitative estimate of drug-likeness (QED) is 0.593. The van der Waals surface area contributed by atoms with Crippen molar-refractivity contribution in [3.8, 4) is 0 Å². The summed E-state index contributed by atoms with van der Waals surface area (Å²) in [4.78, 5) is 27.8. The van der Waals surface area contributed by atoms with Crippen molar-refractivity contribution in [1.29, 1.82) is 0 Å². The Kier molecular flexibility index (Phi) is 3.73. The van der Waals surface area contributed by atoms with Crippen LogP contribution < -0.4 is 0 Å². The molecule has 0 amide bonds. The van der Waals surface area contributed by atoms with E-state index in [0.29, 0.717) is 16.8 Å². The van der Waals surface area contributed by atoms with Crippen molar-refractivity contribution in [2.75, 3.05) is 0 Å². The average molecular weight is 311 g/mol.